The summed E-state index contributed by atoms with van der Waals surface area (Å²) in [5, 5.41) is 14.5. The number of fused-ring (bicyclic) bond motifs is 1. The molecule has 0 aliphatic carbocycles. The number of nitrogens with zero attached hydrogens (tertiary/aromatic N) is 4. The van der Waals surface area contributed by atoms with Crippen molar-refractivity contribution in [3.63, 3.8) is 0 Å². The van der Waals surface area contributed by atoms with Crippen LogP contribution in [0.25, 0.3) is 0 Å². The van der Waals surface area contributed by atoms with Gasteiger partial charge in [0.25, 0.3) is 0 Å². The average Bonchev–Trinajstić information content (AvgIpc) is 2.74. The number of aromatic nitrogens is 3. The molecule has 1 aromatic carbocycles. The van der Waals surface area contributed by atoms with Crippen LogP contribution in [0.2, 0.25) is 10.0 Å². The van der Waals surface area contributed by atoms with Crippen LogP contribution in [0, 0.1) is 6.92 Å². The average molecular weight is 299 g/mol. The van der Waals surface area contributed by atoms with E-state index < -0.39 is 0 Å². The van der Waals surface area contributed by atoms with E-state index in [2.05, 4.69) is 15.3 Å². The van der Waals surface area contributed by atoms with Gasteiger partial charge in [-0.05, 0) is 19.1 Å². The molecule has 0 amide bonds. The number of hydrogen-bond acceptors (Lipinski definition) is 4. The summed E-state index contributed by atoms with van der Waals surface area (Å²) < 4.78 is 1.74. The van der Waals surface area contributed by atoms with Gasteiger partial charge in [0.05, 0.1) is 15.8 Å². The Morgan fingerprint density at radius 3 is 2.83 bits per heavy atom. The first-order valence-electron chi connectivity index (χ1n) is 5.23. The van der Waals surface area contributed by atoms with Crippen molar-refractivity contribution in [2.75, 3.05) is 5.75 Å². The molecule has 2 aromatic rings. The van der Waals surface area contributed by atoms with Gasteiger partial charge in [-0.25, -0.2) is 0 Å². The topological polar surface area (TPSA) is 43.1 Å². The Labute approximate surface area is 118 Å². The van der Waals surface area contributed by atoms with Crippen molar-refractivity contribution in [3.05, 3.63) is 39.6 Å². The number of rotatable bonds is 1. The highest BCUT2D eigenvalue weighted by Gasteiger charge is 2.18. The molecule has 18 heavy (non-hydrogen) atoms. The summed E-state index contributed by atoms with van der Waals surface area (Å²) in [6.07, 6.45) is 0. The van der Waals surface area contributed by atoms with Crippen molar-refractivity contribution in [1.82, 2.24) is 14.9 Å². The third kappa shape index (κ3) is 2.02. The van der Waals surface area contributed by atoms with Gasteiger partial charge in [-0.3, -0.25) is 0 Å². The third-order valence-electron chi connectivity index (χ3n) is 2.58. The molecule has 2 heterocycles. The second-order valence-corrected chi connectivity index (χ2v) is 5.56. The van der Waals surface area contributed by atoms with Gasteiger partial charge in [0.1, 0.15) is 0 Å². The fraction of sp³-hybridized carbons (Fsp3) is 0.182. The highest BCUT2D eigenvalue weighted by atomic mass is 35.5. The summed E-state index contributed by atoms with van der Waals surface area (Å²) >= 11 is 13.5. The Morgan fingerprint density at radius 2 is 2.06 bits per heavy atom. The lowest BCUT2D eigenvalue weighted by Crippen LogP contribution is -2.13. The molecule has 0 unspecified atom stereocenters. The van der Waals surface area contributed by atoms with Gasteiger partial charge in [0, 0.05) is 11.3 Å². The van der Waals surface area contributed by atoms with Crippen molar-refractivity contribution in [1.29, 1.82) is 0 Å². The molecule has 1 aliphatic heterocycles. The van der Waals surface area contributed by atoms with E-state index in [0.29, 0.717) is 10.0 Å². The first kappa shape index (κ1) is 12.0. The van der Waals surface area contributed by atoms with Gasteiger partial charge >= 0.3 is 0 Å². The zero-order valence-corrected chi connectivity index (χ0v) is 11.7. The minimum absolute atomic E-state index is 0.535. The van der Waals surface area contributed by atoms with E-state index >= 15 is 0 Å². The smallest absolute Gasteiger partial charge is 0.191 e. The monoisotopic (exact) mass is 298 g/mol. The van der Waals surface area contributed by atoms with Crippen LogP contribution in [0.3, 0.4) is 0 Å². The molecular formula is C11H8Cl2N4S. The zero-order valence-electron chi connectivity index (χ0n) is 9.39. The number of hydrogen-bond donors (Lipinski definition) is 0. The Hall–Kier alpha value is -1.04. The predicted octanol–water partition coefficient (Wildman–Crippen LogP) is 3.25. The molecule has 0 saturated carbocycles. The molecule has 0 fully saturated rings. The van der Waals surface area contributed by atoms with Crippen molar-refractivity contribution in [2.45, 2.75) is 12.1 Å². The number of halogens is 2. The van der Waals surface area contributed by atoms with Crippen molar-refractivity contribution in [2.24, 2.45) is 5.10 Å². The summed E-state index contributed by atoms with van der Waals surface area (Å²) in [4.78, 5) is 0. The van der Waals surface area contributed by atoms with E-state index in [-0.39, 0.29) is 0 Å². The highest BCUT2D eigenvalue weighted by Crippen LogP contribution is 2.27. The van der Waals surface area contributed by atoms with Gasteiger partial charge in [0.15, 0.2) is 5.82 Å². The molecule has 1 aliphatic rings. The molecule has 0 N–H and O–H groups in total. The minimum Gasteiger partial charge on any atom is -0.191 e. The fourth-order valence-electron chi connectivity index (χ4n) is 1.64. The maximum atomic E-state index is 6.02. The van der Waals surface area contributed by atoms with E-state index in [1.165, 1.54) is 0 Å². The Balaban J connectivity index is 2.06. The van der Waals surface area contributed by atoms with Gasteiger partial charge in [-0.1, -0.05) is 41.0 Å². The van der Waals surface area contributed by atoms with Gasteiger partial charge in [-0.2, -0.15) is 9.78 Å². The number of aryl methyl sites for hydroxylation is 1. The van der Waals surface area contributed by atoms with Gasteiger partial charge < -0.3 is 0 Å². The van der Waals surface area contributed by atoms with Crippen molar-refractivity contribution >= 4 is 40.7 Å². The molecule has 0 radical (unpaired) electrons. The SMILES string of the molecule is Cc1nnc2n1N=C(c1ccc(Cl)c(Cl)c1)CS2. The van der Waals surface area contributed by atoms with Crippen LogP contribution in [0.15, 0.2) is 28.5 Å². The molecule has 4 nitrogen and oxygen atoms in total. The van der Waals surface area contributed by atoms with E-state index in [1.807, 2.05) is 19.1 Å². The lowest BCUT2D eigenvalue weighted by atomic mass is 10.1. The third-order valence-corrected chi connectivity index (χ3v) is 4.25. The fourth-order valence-corrected chi connectivity index (χ4v) is 2.82. The summed E-state index contributed by atoms with van der Waals surface area (Å²) in [7, 11) is 0. The minimum atomic E-state index is 0.535. The normalized spacial score (nSPS) is 14.3. The van der Waals surface area contributed by atoms with Crippen LogP contribution < -0.4 is 0 Å². The van der Waals surface area contributed by atoms with Crippen LogP contribution in [-0.2, 0) is 0 Å². The molecule has 0 saturated heterocycles. The first-order valence-corrected chi connectivity index (χ1v) is 6.97. The quantitative estimate of drug-likeness (QED) is 0.812. The number of benzene rings is 1. The van der Waals surface area contributed by atoms with Crippen molar-refractivity contribution < 1.29 is 0 Å². The molecule has 0 bridgehead atoms. The lowest BCUT2D eigenvalue weighted by molar-refractivity contribution is 0.734. The highest BCUT2D eigenvalue weighted by molar-refractivity contribution is 7.99. The van der Waals surface area contributed by atoms with E-state index in [0.717, 1.165) is 28.0 Å². The van der Waals surface area contributed by atoms with E-state index in [1.54, 1.807) is 22.5 Å². The lowest BCUT2D eigenvalue weighted by Gasteiger charge is -2.13. The second kappa shape index (κ2) is 4.57. The summed E-state index contributed by atoms with van der Waals surface area (Å²) in [6.45, 7) is 1.87. The zero-order chi connectivity index (χ0) is 12.7. The maximum Gasteiger partial charge on any atom is 0.212 e. The Morgan fingerprint density at radius 1 is 1.22 bits per heavy atom. The van der Waals surface area contributed by atoms with Gasteiger partial charge in [0.2, 0.25) is 5.16 Å². The Bertz CT molecular complexity index is 650. The van der Waals surface area contributed by atoms with Gasteiger partial charge in [-0.15, -0.1) is 10.2 Å². The van der Waals surface area contributed by atoms with Crippen LogP contribution in [0.5, 0.6) is 0 Å². The molecular weight excluding hydrogens is 291 g/mol. The molecule has 1 aromatic heterocycles. The first-order chi connectivity index (χ1) is 8.65. The summed E-state index contributed by atoms with van der Waals surface area (Å²) in [5.41, 5.74) is 1.91. The molecule has 92 valence electrons. The summed E-state index contributed by atoms with van der Waals surface area (Å²) in [5.74, 6) is 1.52. The van der Waals surface area contributed by atoms with Crippen molar-refractivity contribution in [3.8, 4) is 0 Å². The molecule has 0 atom stereocenters. The maximum absolute atomic E-state index is 6.02. The van der Waals surface area contributed by atoms with Crippen LogP contribution in [-0.4, -0.2) is 26.3 Å². The second-order valence-electron chi connectivity index (χ2n) is 3.81. The molecule has 0 spiro atoms. The number of thioether (sulfide) groups is 1. The predicted molar refractivity (Wildman–Crippen MR) is 73.9 cm³/mol. The van der Waals surface area contributed by atoms with E-state index in [4.69, 9.17) is 23.2 Å². The Kier molecular flexibility index (Phi) is 3.05. The standard InChI is InChI=1S/C11H8Cl2N4S/c1-6-14-15-11-17(6)16-10(5-18-11)7-2-3-8(12)9(13)4-7/h2-4H,5H2,1H3. The molecule has 7 heteroatoms. The van der Waals surface area contributed by atoms with Crippen LogP contribution in [0.4, 0.5) is 0 Å². The largest absolute Gasteiger partial charge is 0.212 e. The summed E-state index contributed by atoms with van der Waals surface area (Å²) in [6, 6.07) is 5.52. The van der Waals surface area contributed by atoms with Crippen LogP contribution >= 0.6 is 35.0 Å². The van der Waals surface area contributed by atoms with E-state index in [9.17, 15) is 0 Å². The molecule has 3 rings (SSSR count). The van der Waals surface area contributed by atoms with Crippen LogP contribution in [0.1, 0.15) is 11.4 Å².